The Labute approximate surface area is 156 Å². The van der Waals surface area contributed by atoms with Crippen LogP contribution in [0.3, 0.4) is 0 Å². The summed E-state index contributed by atoms with van der Waals surface area (Å²) in [5, 5.41) is 12.7. The first kappa shape index (κ1) is 22.1. The third-order valence-corrected chi connectivity index (χ3v) is 3.99. The number of amides is 1. The monoisotopic (exact) mass is 370 g/mol. The van der Waals surface area contributed by atoms with E-state index in [9.17, 15) is 14.7 Å². The van der Waals surface area contributed by atoms with Crippen molar-refractivity contribution in [3.8, 4) is 0 Å². The minimum atomic E-state index is -0.571. The van der Waals surface area contributed by atoms with Gasteiger partial charge in [0.2, 0.25) is 5.88 Å². The second-order valence-electron chi connectivity index (χ2n) is 8.80. The molecular formula is C19H34N2O5. The van der Waals surface area contributed by atoms with Gasteiger partial charge in [-0.15, -0.1) is 0 Å². The van der Waals surface area contributed by atoms with Gasteiger partial charge in [0, 0.05) is 25.0 Å². The molecule has 1 heterocycles. The number of carbonyl (C=O) groups excluding carboxylic acids is 2. The lowest BCUT2D eigenvalue weighted by Crippen LogP contribution is -2.47. The first-order valence-corrected chi connectivity index (χ1v) is 9.13. The maximum atomic E-state index is 12.3. The highest BCUT2D eigenvalue weighted by molar-refractivity contribution is 5.68. The highest BCUT2D eigenvalue weighted by atomic mass is 16.6. The van der Waals surface area contributed by atoms with Crippen LogP contribution < -0.4 is 5.32 Å². The zero-order valence-corrected chi connectivity index (χ0v) is 16.9. The molecule has 7 nitrogen and oxygen atoms in total. The number of nitrogens with one attached hydrogen (secondary N) is 1. The average Bonchev–Trinajstić information content (AvgIpc) is 2.67. The highest BCUT2D eigenvalue weighted by Crippen LogP contribution is 2.28. The molecule has 0 bridgehead atoms. The molecule has 1 unspecified atom stereocenters. The van der Waals surface area contributed by atoms with E-state index in [1.54, 1.807) is 4.90 Å². The number of aldehydes is 1. The zero-order valence-electron chi connectivity index (χ0n) is 16.9. The maximum absolute atomic E-state index is 12.3. The van der Waals surface area contributed by atoms with Gasteiger partial charge in [0.05, 0.1) is 0 Å². The maximum Gasteiger partial charge on any atom is 0.410 e. The van der Waals surface area contributed by atoms with Crippen LogP contribution in [0.4, 0.5) is 4.79 Å². The van der Waals surface area contributed by atoms with E-state index in [1.165, 1.54) is 0 Å². The van der Waals surface area contributed by atoms with Gasteiger partial charge in [-0.2, -0.15) is 0 Å². The smallest absolute Gasteiger partial charge is 0.410 e. The molecular weight excluding hydrogens is 336 g/mol. The summed E-state index contributed by atoms with van der Waals surface area (Å²) in [6.45, 7) is 12.2. The van der Waals surface area contributed by atoms with E-state index >= 15 is 0 Å². The van der Waals surface area contributed by atoms with E-state index in [2.05, 4.69) is 5.32 Å². The van der Waals surface area contributed by atoms with Crippen LogP contribution in [0.25, 0.3) is 0 Å². The van der Waals surface area contributed by atoms with Crippen molar-refractivity contribution >= 4 is 12.4 Å². The molecule has 0 aromatic heterocycles. The van der Waals surface area contributed by atoms with Gasteiger partial charge in [-0.05, 0) is 60.8 Å². The molecule has 0 saturated carbocycles. The number of hydrogen-bond acceptors (Lipinski definition) is 6. The molecule has 0 aromatic carbocycles. The number of hydrogen-bond donors (Lipinski definition) is 2. The Balaban J connectivity index is 2.86. The van der Waals surface area contributed by atoms with Crippen molar-refractivity contribution in [2.75, 3.05) is 13.1 Å². The molecule has 1 amide bonds. The van der Waals surface area contributed by atoms with Crippen molar-refractivity contribution < 1.29 is 24.2 Å². The molecule has 26 heavy (non-hydrogen) atoms. The predicted octanol–water partition coefficient (Wildman–Crippen LogP) is 3.50. The van der Waals surface area contributed by atoms with Gasteiger partial charge in [-0.3, -0.25) is 0 Å². The molecule has 1 rings (SSSR count). The molecule has 150 valence electrons. The Morgan fingerprint density at radius 2 is 1.73 bits per heavy atom. The van der Waals surface area contributed by atoms with Crippen molar-refractivity contribution in [3.05, 3.63) is 12.1 Å². The molecule has 0 aliphatic carbocycles. The Bertz CT molecular complexity index is 519. The number of carbonyl (C=O) groups is 2. The summed E-state index contributed by atoms with van der Waals surface area (Å²) in [6.07, 6.45) is 3.61. The van der Waals surface area contributed by atoms with Crippen LogP contribution in [-0.2, 0) is 14.3 Å². The lowest BCUT2D eigenvalue weighted by atomic mass is 9.87. The normalized spacial score (nSPS) is 22.4. The van der Waals surface area contributed by atoms with Crippen LogP contribution in [0, 0.1) is 0 Å². The van der Waals surface area contributed by atoms with Gasteiger partial charge in [-0.1, -0.05) is 0 Å². The number of ether oxygens (including phenoxy) is 2. The van der Waals surface area contributed by atoms with Crippen LogP contribution in [0.1, 0.15) is 67.2 Å². The zero-order chi connectivity index (χ0) is 20.0. The van der Waals surface area contributed by atoms with Crippen molar-refractivity contribution in [2.45, 2.75) is 84.0 Å². The summed E-state index contributed by atoms with van der Waals surface area (Å²) < 4.78 is 11.2. The lowest BCUT2D eigenvalue weighted by Gasteiger charge is -2.35. The largest absolute Gasteiger partial charge is 0.510 e. The van der Waals surface area contributed by atoms with E-state index in [4.69, 9.17) is 9.47 Å². The first-order chi connectivity index (χ1) is 11.9. The quantitative estimate of drug-likeness (QED) is 0.569. The summed E-state index contributed by atoms with van der Waals surface area (Å²) in [5.41, 5.74) is -1.61. The standard InChI is InChI=1S/C19H34N2O5/c1-17(2,3)25-15(14-23)20-19(10-13-22)8-7-11-21(12-9-19)16(24)26-18(4,5)6/h13-14,20,23H,7-12H2,1-6H3/b15-14-. The van der Waals surface area contributed by atoms with Crippen molar-refractivity contribution in [2.24, 2.45) is 0 Å². The van der Waals surface area contributed by atoms with Crippen LogP contribution in [0.5, 0.6) is 0 Å². The molecule has 1 aliphatic heterocycles. The summed E-state index contributed by atoms with van der Waals surface area (Å²) in [7, 11) is 0. The van der Waals surface area contributed by atoms with Gasteiger partial charge >= 0.3 is 6.09 Å². The molecule has 1 atom stereocenters. The third kappa shape index (κ3) is 7.54. The van der Waals surface area contributed by atoms with E-state index < -0.39 is 16.7 Å². The molecule has 2 N–H and O–H groups in total. The van der Waals surface area contributed by atoms with E-state index in [0.29, 0.717) is 32.4 Å². The highest BCUT2D eigenvalue weighted by Gasteiger charge is 2.36. The summed E-state index contributed by atoms with van der Waals surface area (Å²) in [6, 6.07) is 0. The van der Waals surface area contributed by atoms with Crippen LogP contribution in [0.15, 0.2) is 12.1 Å². The van der Waals surface area contributed by atoms with E-state index in [-0.39, 0.29) is 18.4 Å². The fraction of sp³-hybridized carbons (Fsp3) is 0.789. The van der Waals surface area contributed by atoms with Crippen molar-refractivity contribution in [1.29, 1.82) is 0 Å². The molecule has 0 radical (unpaired) electrons. The number of likely N-dealkylation sites (tertiary alicyclic amines) is 1. The van der Waals surface area contributed by atoms with Crippen LogP contribution in [0.2, 0.25) is 0 Å². The molecule has 7 heteroatoms. The van der Waals surface area contributed by atoms with Gasteiger partial charge in [-0.25, -0.2) is 4.79 Å². The average molecular weight is 370 g/mol. The molecule has 1 aliphatic rings. The van der Waals surface area contributed by atoms with Crippen LogP contribution in [-0.4, -0.2) is 52.2 Å². The Hall–Kier alpha value is -1.92. The van der Waals surface area contributed by atoms with Gasteiger partial charge in [0.1, 0.15) is 23.8 Å². The van der Waals surface area contributed by atoms with E-state index in [1.807, 2.05) is 41.5 Å². The minimum absolute atomic E-state index is 0.227. The van der Waals surface area contributed by atoms with Gasteiger partial charge in [0.25, 0.3) is 0 Å². The number of aliphatic hydroxyl groups excluding tert-OH is 1. The summed E-state index contributed by atoms with van der Waals surface area (Å²) >= 11 is 0. The van der Waals surface area contributed by atoms with Crippen molar-refractivity contribution in [3.63, 3.8) is 0 Å². The number of rotatable bonds is 5. The summed E-state index contributed by atoms with van der Waals surface area (Å²) in [5.74, 6) is 0.227. The first-order valence-electron chi connectivity index (χ1n) is 9.13. The minimum Gasteiger partial charge on any atom is -0.510 e. The second kappa shape index (κ2) is 8.64. The van der Waals surface area contributed by atoms with Crippen molar-refractivity contribution in [1.82, 2.24) is 10.2 Å². The Kier molecular flexibility index (Phi) is 7.35. The number of nitrogens with zero attached hydrogens (tertiary/aromatic N) is 1. The Morgan fingerprint density at radius 1 is 1.12 bits per heavy atom. The van der Waals surface area contributed by atoms with Crippen LogP contribution >= 0.6 is 0 Å². The number of aliphatic hydroxyl groups is 1. The molecule has 1 saturated heterocycles. The van der Waals surface area contributed by atoms with Gasteiger partial charge < -0.3 is 29.6 Å². The fourth-order valence-electron chi connectivity index (χ4n) is 2.92. The lowest BCUT2D eigenvalue weighted by molar-refractivity contribution is -0.109. The van der Waals surface area contributed by atoms with E-state index in [0.717, 1.165) is 12.5 Å². The molecule has 0 aromatic rings. The predicted molar refractivity (Wildman–Crippen MR) is 99.8 cm³/mol. The summed E-state index contributed by atoms with van der Waals surface area (Å²) in [4.78, 5) is 25.3. The van der Waals surface area contributed by atoms with Gasteiger partial charge in [0.15, 0.2) is 0 Å². The third-order valence-electron chi connectivity index (χ3n) is 3.99. The fourth-order valence-corrected chi connectivity index (χ4v) is 2.92. The SMILES string of the molecule is CC(C)(C)OC(=O)N1CCCC(CC=O)(N/C(=C/O)OC(C)(C)C)CC1. The second-order valence-corrected chi connectivity index (χ2v) is 8.80. The topological polar surface area (TPSA) is 88.1 Å². The Morgan fingerprint density at radius 3 is 2.23 bits per heavy atom. The molecule has 1 fully saturated rings. The molecule has 0 spiro atoms.